The van der Waals surface area contributed by atoms with Gasteiger partial charge in [-0.1, -0.05) is 82.1 Å². The molecule has 1 aromatic heterocycles. The van der Waals surface area contributed by atoms with E-state index in [-0.39, 0.29) is 19.0 Å². The predicted molar refractivity (Wildman–Crippen MR) is 176 cm³/mol. The Hall–Kier alpha value is -2.42. The van der Waals surface area contributed by atoms with Crippen LogP contribution in [0.1, 0.15) is 89.2 Å². The van der Waals surface area contributed by atoms with Gasteiger partial charge in [-0.3, -0.25) is 9.42 Å². The summed E-state index contributed by atoms with van der Waals surface area (Å²) in [7, 11) is -4.37. The highest BCUT2D eigenvalue weighted by molar-refractivity contribution is 7.47. The van der Waals surface area contributed by atoms with Crippen LogP contribution in [-0.2, 0) is 20.4 Å². The molecule has 10 heteroatoms. The maximum absolute atomic E-state index is 12.6. The molecule has 0 bridgehead atoms. The Morgan fingerprint density at radius 2 is 1.52 bits per heavy atom. The monoisotopic (exact) mass is 648 g/mol. The normalized spacial score (nSPS) is 13.4. The lowest BCUT2D eigenvalue weighted by atomic mass is 10.1. The third-order valence-corrected chi connectivity index (χ3v) is 8.87. The van der Waals surface area contributed by atoms with Crippen molar-refractivity contribution in [3.05, 3.63) is 70.7 Å². The number of phosphoric ester groups is 1. The maximum atomic E-state index is 12.6. The van der Waals surface area contributed by atoms with E-state index in [9.17, 15) is 9.46 Å². The molecule has 0 saturated carbocycles. The molecule has 244 valence electrons. The summed E-state index contributed by atoms with van der Waals surface area (Å²) >= 11 is 1.62. The van der Waals surface area contributed by atoms with Crippen molar-refractivity contribution in [3.8, 4) is 17.2 Å². The Kier molecular flexibility index (Phi) is 16.9. The lowest BCUT2D eigenvalue weighted by Crippen LogP contribution is -2.30. The number of ether oxygens (including phenoxy) is 3. The van der Waals surface area contributed by atoms with E-state index in [4.69, 9.17) is 23.3 Å². The van der Waals surface area contributed by atoms with E-state index >= 15 is 0 Å². The first-order valence-electron chi connectivity index (χ1n) is 16.0. The number of phosphoric acid groups is 1. The van der Waals surface area contributed by atoms with Gasteiger partial charge in [0.15, 0.2) is 12.7 Å². The fraction of sp³-hybridized carbons (Fsp3) is 0.559. The molecule has 2 aromatic carbocycles. The second-order valence-corrected chi connectivity index (χ2v) is 13.1. The molecule has 2 unspecified atom stereocenters. The molecule has 1 heterocycles. The number of benzene rings is 2. The van der Waals surface area contributed by atoms with Gasteiger partial charge in [0.05, 0.1) is 18.6 Å². The minimum absolute atomic E-state index is 0.144. The molecule has 0 fully saturated rings. The second kappa shape index (κ2) is 20.6. The molecule has 44 heavy (non-hydrogen) atoms. The average Bonchev–Trinajstić information content (AvgIpc) is 3.52. The summed E-state index contributed by atoms with van der Waals surface area (Å²) in [4.78, 5) is 10.3. The highest BCUT2D eigenvalue weighted by atomic mass is 32.1. The highest BCUT2D eigenvalue weighted by Gasteiger charge is 2.26. The Bertz CT molecular complexity index is 1220. The number of aromatic nitrogens is 1. The largest absolute Gasteiger partial charge is 0.527 e. The number of hydrogen-bond acceptors (Lipinski definition) is 7. The van der Waals surface area contributed by atoms with Crippen LogP contribution < -0.4 is 18.6 Å². The van der Waals surface area contributed by atoms with Crippen molar-refractivity contribution in [2.45, 2.75) is 97.6 Å². The molecule has 0 amide bonds. The minimum atomic E-state index is -4.37. The van der Waals surface area contributed by atoms with Gasteiger partial charge < -0.3 is 18.7 Å². The van der Waals surface area contributed by atoms with Gasteiger partial charge in [0.25, 0.3) is 0 Å². The molecule has 0 aliphatic carbocycles. The molecule has 1 N–H and O–H groups in total. The van der Waals surface area contributed by atoms with Gasteiger partial charge in [-0.05, 0) is 56.7 Å². The van der Waals surface area contributed by atoms with Crippen molar-refractivity contribution >= 4 is 19.2 Å². The maximum Gasteiger partial charge on any atom is 0.527 e. The Morgan fingerprint density at radius 1 is 0.864 bits per heavy atom. The molecular formula is C34H51NO7PS+. The SMILES string of the molecule is CCCCCCCCCCCCOc1cccc(OCC(COP(=O)(O)Oc2ccc(C[n+]3ccsc3)cc2)OCC)c1C. The van der Waals surface area contributed by atoms with Crippen molar-refractivity contribution in [3.63, 3.8) is 0 Å². The predicted octanol–water partition coefficient (Wildman–Crippen LogP) is 8.67. The van der Waals surface area contributed by atoms with Gasteiger partial charge in [-0.25, -0.2) is 4.57 Å². The van der Waals surface area contributed by atoms with Crippen molar-refractivity contribution in [2.24, 2.45) is 0 Å². The van der Waals surface area contributed by atoms with Crippen molar-refractivity contribution in [2.75, 3.05) is 26.4 Å². The van der Waals surface area contributed by atoms with Gasteiger partial charge in [0, 0.05) is 17.7 Å². The number of unbranched alkanes of at least 4 members (excludes halogenated alkanes) is 9. The molecule has 8 nitrogen and oxygen atoms in total. The standard InChI is InChI=1S/C34H50NO7PS/c1-4-6-7-8-9-10-11-12-13-14-23-39-33-16-15-17-34(29(33)3)40-26-32(38-5-2)27-41-43(36,37)42-31-20-18-30(19-21-31)25-35-22-24-44-28-35/h15-22,24,28,32H,4-14,23,25-27H2,1-3H3/p+1. The van der Waals surface area contributed by atoms with Crippen molar-refractivity contribution in [1.82, 2.24) is 0 Å². The smallest absolute Gasteiger partial charge is 0.493 e. The van der Waals surface area contributed by atoms with Gasteiger partial charge in [0.2, 0.25) is 5.51 Å². The number of thiazole rings is 1. The van der Waals surface area contributed by atoms with E-state index in [1.165, 1.54) is 57.8 Å². The quantitative estimate of drug-likeness (QED) is 0.0591. The lowest BCUT2D eigenvalue weighted by Gasteiger charge is -2.21. The zero-order valence-electron chi connectivity index (χ0n) is 26.7. The van der Waals surface area contributed by atoms with Crippen LogP contribution in [0.5, 0.6) is 17.2 Å². The zero-order chi connectivity index (χ0) is 31.5. The first-order chi connectivity index (χ1) is 21.4. The van der Waals surface area contributed by atoms with Gasteiger partial charge in [0.1, 0.15) is 30.0 Å². The van der Waals surface area contributed by atoms with Crippen LogP contribution in [0.4, 0.5) is 0 Å². The van der Waals surface area contributed by atoms with Gasteiger partial charge in [-0.15, -0.1) is 0 Å². The fourth-order valence-corrected chi connectivity index (χ4v) is 6.19. The summed E-state index contributed by atoms with van der Waals surface area (Å²) in [6.45, 7) is 7.85. The summed E-state index contributed by atoms with van der Waals surface area (Å²) in [6, 6.07) is 12.8. The topological polar surface area (TPSA) is 87.3 Å². The summed E-state index contributed by atoms with van der Waals surface area (Å²) in [5.74, 6) is 1.74. The van der Waals surface area contributed by atoms with Crippen molar-refractivity contribution < 1.29 is 37.3 Å². The van der Waals surface area contributed by atoms with Crippen LogP contribution >= 0.6 is 19.2 Å². The molecule has 3 aromatic rings. The third-order valence-electron chi connectivity index (χ3n) is 7.28. The van der Waals surface area contributed by atoms with E-state index in [2.05, 4.69) is 11.5 Å². The minimum Gasteiger partial charge on any atom is -0.493 e. The van der Waals surface area contributed by atoms with E-state index in [1.807, 2.05) is 61.3 Å². The molecule has 0 saturated heterocycles. The van der Waals surface area contributed by atoms with Crippen LogP contribution in [0, 0.1) is 6.92 Å². The molecule has 0 aliphatic heterocycles. The average molecular weight is 649 g/mol. The summed E-state index contributed by atoms with van der Waals surface area (Å²) in [5.41, 5.74) is 3.98. The lowest BCUT2D eigenvalue weighted by molar-refractivity contribution is -0.683. The molecule has 0 radical (unpaired) electrons. The van der Waals surface area contributed by atoms with Gasteiger partial charge >= 0.3 is 7.82 Å². The van der Waals surface area contributed by atoms with Crippen LogP contribution in [0.15, 0.2) is 59.6 Å². The van der Waals surface area contributed by atoms with E-state index in [0.717, 1.165) is 23.3 Å². The Balaban J connectivity index is 1.38. The van der Waals surface area contributed by atoms with E-state index < -0.39 is 13.9 Å². The van der Waals surface area contributed by atoms with E-state index in [0.29, 0.717) is 25.5 Å². The first-order valence-corrected chi connectivity index (χ1v) is 18.5. The molecule has 3 rings (SSSR count). The fourth-order valence-electron chi connectivity index (χ4n) is 4.80. The summed E-state index contributed by atoms with van der Waals surface area (Å²) < 4.78 is 43.1. The second-order valence-electron chi connectivity index (χ2n) is 11.0. The van der Waals surface area contributed by atoms with E-state index in [1.54, 1.807) is 23.5 Å². The molecule has 0 aliphatic rings. The van der Waals surface area contributed by atoms with Crippen LogP contribution in [0.3, 0.4) is 0 Å². The summed E-state index contributed by atoms with van der Waals surface area (Å²) in [5, 5.41) is 2.00. The number of hydrogen-bond donors (Lipinski definition) is 1. The number of rotatable bonds is 24. The first kappa shape index (κ1) is 36.1. The zero-order valence-corrected chi connectivity index (χ0v) is 28.4. The van der Waals surface area contributed by atoms with Gasteiger partial charge in [-0.2, -0.15) is 4.57 Å². The molecule has 0 spiro atoms. The summed E-state index contributed by atoms with van der Waals surface area (Å²) in [6.07, 6.45) is 14.3. The van der Waals surface area contributed by atoms with Crippen LogP contribution in [0.2, 0.25) is 0 Å². The molecule has 2 atom stereocenters. The van der Waals surface area contributed by atoms with Crippen LogP contribution in [0.25, 0.3) is 0 Å². The third kappa shape index (κ3) is 14.1. The van der Waals surface area contributed by atoms with Crippen molar-refractivity contribution in [1.29, 1.82) is 0 Å². The Labute approximate surface area is 267 Å². The molecular weight excluding hydrogens is 597 g/mol. The highest BCUT2D eigenvalue weighted by Crippen LogP contribution is 2.44. The van der Waals surface area contributed by atoms with Crippen LogP contribution in [-0.4, -0.2) is 37.4 Å². The Morgan fingerprint density at radius 3 is 2.16 bits per heavy atom. The number of nitrogens with zero attached hydrogens (tertiary/aromatic N) is 1.